The number of carbonyl (C=O) groups excluding carboxylic acids is 3. The number of fused-ring (bicyclic) bond motifs is 1. The number of piperidine rings is 1. The second-order valence-corrected chi connectivity index (χ2v) is 14.1. The van der Waals surface area contributed by atoms with Crippen molar-refractivity contribution in [2.75, 3.05) is 52.5 Å². The monoisotopic (exact) mass is 645 g/mol. The summed E-state index contributed by atoms with van der Waals surface area (Å²) >= 11 is 1.43. The van der Waals surface area contributed by atoms with Gasteiger partial charge in [0.2, 0.25) is 11.8 Å². The molecule has 1 saturated carbocycles. The van der Waals surface area contributed by atoms with Crippen LogP contribution in [-0.4, -0.2) is 97.6 Å². The highest BCUT2D eigenvalue weighted by molar-refractivity contribution is 7.20. The third-order valence-corrected chi connectivity index (χ3v) is 11.0. The Hall–Kier alpha value is -3.31. The molecule has 6 rings (SSSR count). The quantitative estimate of drug-likeness (QED) is 0.258. The van der Waals surface area contributed by atoms with E-state index in [1.165, 1.54) is 24.2 Å². The van der Waals surface area contributed by atoms with Crippen molar-refractivity contribution >= 4 is 39.1 Å². The van der Waals surface area contributed by atoms with Gasteiger partial charge < -0.3 is 25.6 Å². The smallest absolute Gasteiger partial charge is 0.262 e. The topological polar surface area (TPSA) is 103 Å². The first kappa shape index (κ1) is 32.6. The summed E-state index contributed by atoms with van der Waals surface area (Å²) in [6.45, 7) is 7.42. The summed E-state index contributed by atoms with van der Waals surface area (Å²) in [5.74, 6) is -0.706. The SMILES string of the molecule is O=C(NC1(C(=O)N[C@H](Cc2ccccc2)C(=O)NCCCN2CCC(N3CCOCC3)CC2)CCCC1)c1cc2ccccc2s1. The normalized spacial score (nSPS) is 19.9. The first-order chi connectivity index (χ1) is 22.5. The predicted octanol–water partition coefficient (Wildman–Crippen LogP) is 3.97. The Balaban J connectivity index is 1.04. The number of thiophene rings is 1. The fourth-order valence-electron chi connectivity index (χ4n) is 7.20. The summed E-state index contributed by atoms with van der Waals surface area (Å²) in [6.07, 6.45) is 6.40. The van der Waals surface area contributed by atoms with Gasteiger partial charge in [-0.05, 0) is 74.8 Å². The molecule has 2 aromatic carbocycles. The molecular weight excluding hydrogens is 598 g/mol. The average molecular weight is 646 g/mol. The van der Waals surface area contributed by atoms with Crippen LogP contribution in [-0.2, 0) is 20.7 Å². The van der Waals surface area contributed by atoms with Crippen LogP contribution in [0.3, 0.4) is 0 Å². The fraction of sp³-hybridized carbons (Fsp3) is 0.528. The number of carbonyl (C=O) groups is 3. The minimum absolute atomic E-state index is 0.188. The number of likely N-dealkylation sites (tertiary alicyclic amines) is 1. The van der Waals surface area contributed by atoms with E-state index in [2.05, 4.69) is 25.8 Å². The van der Waals surface area contributed by atoms with Crippen LogP contribution in [0.4, 0.5) is 0 Å². The van der Waals surface area contributed by atoms with E-state index < -0.39 is 11.6 Å². The highest BCUT2D eigenvalue weighted by atomic mass is 32.1. The zero-order valence-electron chi connectivity index (χ0n) is 26.7. The lowest BCUT2D eigenvalue weighted by Crippen LogP contribution is -2.61. The van der Waals surface area contributed by atoms with Gasteiger partial charge in [0.1, 0.15) is 11.6 Å². The van der Waals surface area contributed by atoms with Crippen molar-refractivity contribution in [3.8, 4) is 0 Å². The van der Waals surface area contributed by atoms with Gasteiger partial charge >= 0.3 is 0 Å². The minimum Gasteiger partial charge on any atom is -0.379 e. The van der Waals surface area contributed by atoms with Crippen LogP contribution in [0.5, 0.6) is 0 Å². The van der Waals surface area contributed by atoms with Crippen molar-refractivity contribution in [3.05, 3.63) is 71.1 Å². The molecule has 9 nitrogen and oxygen atoms in total. The largest absolute Gasteiger partial charge is 0.379 e. The van der Waals surface area contributed by atoms with E-state index in [1.54, 1.807) is 0 Å². The molecule has 3 aliphatic rings. The van der Waals surface area contributed by atoms with Gasteiger partial charge in [-0.15, -0.1) is 11.3 Å². The van der Waals surface area contributed by atoms with E-state index in [0.29, 0.717) is 36.7 Å². The summed E-state index contributed by atoms with van der Waals surface area (Å²) in [7, 11) is 0. The Morgan fingerprint density at radius 1 is 0.935 bits per heavy atom. The highest BCUT2D eigenvalue weighted by Gasteiger charge is 2.44. The van der Waals surface area contributed by atoms with Gasteiger partial charge in [0.25, 0.3) is 5.91 Å². The molecular formula is C36H47N5O4S. The third-order valence-electron chi connectivity index (χ3n) is 9.87. The number of nitrogens with one attached hydrogen (secondary N) is 3. The Morgan fingerprint density at radius 2 is 1.65 bits per heavy atom. The first-order valence-electron chi connectivity index (χ1n) is 17.0. The van der Waals surface area contributed by atoms with Crippen LogP contribution >= 0.6 is 11.3 Å². The molecule has 0 bridgehead atoms. The Kier molecular flexibility index (Phi) is 11.0. The molecule has 2 saturated heterocycles. The molecule has 0 unspecified atom stereocenters. The van der Waals surface area contributed by atoms with Gasteiger partial charge in [0.05, 0.1) is 18.1 Å². The van der Waals surface area contributed by atoms with E-state index in [-0.39, 0.29) is 17.7 Å². The second kappa shape index (κ2) is 15.5. The molecule has 3 heterocycles. The third kappa shape index (κ3) is 8.15. The number of amides is 3. The zero-order valence-corrected chi connectivity index (χ0v) is 27.5. The molecule has 3 N–H and O–H groups in total. The second-order valence-electron chi connectivity index (χ2n) is 13.0. The van der Waals surface area contributed by atoms with E-state index in [0.717, 1.165) is 80.8 Å². The lowest BCUT2D eigenvalue weighted by molar-refractivity contribution is -0.132. The van der Waals surface area contributed by atoms with Crippen LogP contribution in [0, 0.1) is 0 Å². The Labute approximate surface area is 276 Å². The van der Waals surface area contributed by atoms with Crippen LogP contribution < -0.4 is 16.0 Å². The molecule has 3 aromatic rings. The molecule has 3 amide bonds. The van der Waals surface area contributed by atoms with Crippen LogP contribution in [0.2, 0.25) is 0 Å². The maximum absolute atomic E-state index is 14.0. The van der Waals surface area contributed by atoms with Crippen molar-refractivity contribution in [2.24, 2.45) is 0 Å². The van der Waals surface area contributed by atoms with E-state index in [9.17, 15) is 14.4 Å². The number of rotatable bonds is 12. The van der Waals surface area contributed by atoms with Crippen LogP contribution in [0.1, 0.15) is 60.2 Å². The molecule has 246 valence electrons. The van der Waals surface area contributed by atoms with Crippen molar-refractivity contribution in [2.45, 2.75) is 69.0 Å². The predicted molar refractivity (Wildman–Crippen MR) is 182 cm³/mol. The number of morpholine rings is 1. The molecule has 0 radical (unpaired) electrons. The van der Waals surface area contributed by atoms with E-state index in [1.807, 2.05) is 60.7 Å². The molecule has 3 fully saturated rings. The molecule has 2 aliphatic heterocycles. The van der Waals surface area contributed by atoms with Crippen molar-refractivity contribution in [3.63, 3.8) is 0 Å². The molecule has 1 aliphatic carbocycles. The standard InChI is InChI=1S/C36H47N5O4S/c42-33(37-17-8-18-40-19-13-29(14-20-40)41-21-23-45-24-22-41)30(25-27-9-2-1-3-10-27)38-35(44)36(15-6-7-16-36)39-34(43)32-26-28-11-4-5-12-31(28)46-32/h1-5,9-12,26,29-30H,6-8,13-25H2,(H,37,42)(H,38,44)(H,39,43)/t30-/m1/s1. The Morgan fingerprint density at radius 3 is 2.39 bits per heavy atom. The summed E-state index contributed by atoms with van der Waals surface area (Å²) in [5, 5.41) is 10.3. The van der Waals surface area contributed by atoms with Gasteiger partial charge in [-0.2, -0.15) is 0 Å². The van der Waals surface area contributed by atoms with Gasteiger partial charge in [0.15, 0.2) is 0 Å². The van der Waals surface area contributed by atoms with Crippen LogP contribution in [0.25, 0.3) is 10.1 Å². The molecule has 0 spiro atoms. The van der Waals surface area contributed by atoms with Gasteiger partial charge in [0, 0.05) is 36.8 Å². The van der Waals surface area contributed by atoms with Crippen molar-refractivity contribution in [1.82, 2.24) is 25.8 Å². The number of ether oxygens (including phenoxy) is 1. The lowest BCUT2D eigenvalue weighted by Gasteiger charge is -2.40. The highest BCUT2D eigenvalue weighted by Crippen LogP contribution is 2.32. The van der Waals surface area contributed by atoms with Crippen molar-refractivity contribution < 1.29 is 19.1 Å². The maximum atomic E-state index is 14.0. The summed E-state index contributed by atoms with van der Waals surface area (Å²) < 4.78 is 6.55. The maximum Gasteiger partial charge on any atom is 0.262 e. The summed E-state index contributed by atoms with van der Waals surface area (Å²) in [5.41, 5.74) is -0.0589. The fourth-order valence-corrected chi connectivity index (χ4v) is 8.16. The number of nitrogens with zero attached hydrogens (tertiary/aromatic N) is 2. The summed E-state index contributed by atoms with van der Waals surface area (Å²) in [6, 6.07) is 19.5. The van der Waals surface area contributed by atoms with E-state index in [4.69, 9.17) is 4.74 Å². The minimum atomic E-state index is -1.03. The van der Waals surface area contributed by atoms with Gasteiger partial charge in [-0.25, -0.2) is 0 Å². The van der Waals surface area contributed by atoms with Crippen LogP contribution in [0.15, 0.2) is 60.7 Å². The molecule has 10 heteroatoms. The number of benzene rings is 2. The lowest BCUT2D eigenvalue weighted by atomic mass is 9.94. The van der Waals surface area contributed by atoms with Crippen molar-refractivity contribution in [1.29, 1.82) is 0 Å². The Bertz CT molecular complexity index is 1430. The molecule has 1 atom stereocenters. The van der Waals surface area contributed by atoms with Gasteiger partial charge in [-0.1, -0.05) is 61.4 Å². The zero-order chi connectivity index (χ0) is 31.8. The first-order valence-corrected chi connectivity index (χ1v) is 17.8. The molecule has 46 heavy (non-hydrogen) atoms. The number of hydrogen-bond donors (Lipinski definition) is 3. The van der Waals surface area contributed by atoms with Gasteiger partial charge in [-0.3, -0.25) is 19.3 Å². The average Bonchev–Trinajstić information content (AvgIpc) is 3.76. The number of hydrogen-bond acceptors (Lipinski definition) is 7. The van der Waals surface area contributed by atoms with E-state index >= 15 is 0 Å². The molecule has 1 aromatic heterocycles. The summed E-state index contributed by atoms with van der Waals surface area (Å²) in [4.78, 5) is 46.6.